The first-order valence-electron chi connectivity index (χ1n) is 5.98. The Morgan fingerprint density at radius 2 is 2.04 bits per heavy atom. The maximum atomic E-state index is 12.1. The van der Waals surface area contributed by atoms with Crippen molar-refractivity contribution in [3.8, 4) is 11.5 Å². The molecule has 0 bridgehead atoms. The second kappa shape index (κ2) is 6.93. The standard InChI is InChI=1S/C13H9Br2NO6S/c1-22-6-2-5(9(14)10(15)11(6)19)3-7-12(20)16(4-8(17)18)13(21)23-7/h2-3,19H,4H2,1H3,(H,17,18)/b7-3+. The summed E-state index contributed by atoms with van der Waals surface area (Å²) in [5.41, 5.74) is 0.479. The van der Waals surface area contributed by atoms with Crippen LogP contribution in [0.15, 0.2) is 19.9 Å². The summed E-state index contributed by atoms with van der Waals surface area (Å²) < 4.78 is 5.82. The number of ether oxygens (including phenoxy) is 1. The molecule has 0 spiro atoms. The number of aromatic hydroxyl groups is 1. The molecule has 10 heteroatoms. The number of hydrogen-bond acceptors (Lipinski definition) is 6. The third-order valence-electron chi connectivity index (χ3n) is 2.85. The van der Waals surface area contributed by atoms with Gasteiger partial charge in [-0.2, -0.15) is 0 Å². The van der Waals surface area contributed by atoms with Gasteiger partial charge in [-0.25, -0.2) is 0 Å². The van der Waals surface area contributed by atoms with E-state index in [0.29, 0.717) is 31.2 Å². The number of carboxylic acid groups (broad SMARTS) is 1. The van der Waals surface area contributed by atoms with Crippen LogP contribution in [-0.2, 0) is 9.59 Å². The van der Waals surface area contributed by atoms with Gasteiger partial charge in [0.15, 0.2) is 11.5 Å². The average molecular weight is 467 g/mol. The molecule has 0 aromatic heterocycles. The second-order valence-electron chi connectivity index (χ2n) is 4.31. The molecule has 2 amide bonds. The third-order valence-corrected chi connectivity index (χ3v) is 5.91. The van der Waals surface area contributed by atoms with Gasteiger partial charge >= 0.3 is 5.97 Å². The average Bonchev–Trinajstić information content (AvgIpc) is 2.75. The van der Waals surface area contributed by atoms with Crippen LogP contribution in [0.1, 0.15) is 5.56 Å². The number of amides is 2. The largest absolute Gasteiger partial charge is 0.503 e. The molecule has 7 nitrogen and oxygen atoms in total. The molecule has 1 aromatic rings. The van der Waals surface area contributed by atoms with Crippen LogP contribution in [0.5, 0.6) is 11.5 Å². The summed E-state index contributed by atoms with van der Waals surface area (Å²) in [5.74, 6) is -1.90. The van der Waals surface area contributed by atoms with E-state index in [1.807, 2.05) is 0 Å². The first-order chi connectivity index (χ1) is 10.8. The van der Waals surface area contributed by atoms with Crippen molar-refractivity contribution >= 4 is 66.8 Å². The predicted molar refractivity (Wildman–Crippen MR) is 90.4 cm³/mol. The maximum absolute atomic E-state index is 12.1. The molecule has 0 saturated carbocycles. The first kappa shape index (κ1) is 17.8. The highest BCUT2D eigenvalue weighted by Gasteiger charge is 2.36. The molecule has 1 aromatic carbocycles. The van der Waals surface area contributed by atoms with Crippen LogP contribution < -0.4 is 4.74 Å². The topological polar surface area (TPSA) is 104 Å². The summed E-state index contributed by atoms with van der Waals surface area (Å²) in [7, 11) is 1.37. The number of benzene rings is 1. The lowest BCUT2D eigenvalue weighted by Crippen LogP contribution is -2.33. The number of imide groups is 1. The summed E-state index contributed by atoms with van der Waals surface area (Å²) in [6.07, 6.45) is 1.42. The quantitative estimate of drug-likeness (QED) is 0.657. The van der Waals surface area contributed by atoms with E-state index in [9.17, 15) is 19.5 Å². The van der Waals surface area contributed by atoms with E-state index in [0.717, 1.165) is 0 Å². The Kier molecular flexibility index (Phi) is 5.37. The SMILES string of the molecule is COc1cc(/C=C2/SC(=O)N(CC(=O)O)C2=O)c(Br)c(Br)c1O. The zero-order valence-corrected chi connectivity index (χ0v) is 15.5. The molecule has 1 saturated heterocycles. The lowest BCUT2D eigenvalue weighted by molar-refractivity contribution is -0.140. The van der Waals surface area contributed by atoms with E-state index < -0.39 is 23.7 Å². The molecule has 2 rings (SSSR count). The van der Waals surface area contributed by atoms with Gasteiger partial charge in [-0.1, -0.05) is 0 Å². The summed E-state index contributed by atoms with van der Waals surface area (Å²) in [6.45, 7) is -0.689. The van der Waals surface area contributed by atoms with E-state index in [1.54, 1.807) is 0 Å². The van der Waals surface area contributed by atoms with E-state index >= 15 is 0 Å². The van der Waals surface area contributed by atoms with Crippen molar-refractivity contribution in [1.29, 1.82) is 0 Å². The van der Waals surface area contributed by atoms with E-state index in [4.69, 9.17) is 9.84 Å². The van der Waals surface area contributed by atoms with Crippen molar-refractivity contribution in [2.75, 3.05) is 13.7 Å². The minimum atomic E-state index is -1.27. The number of carbonyl (C=O) groups excluding carboxylic acids is 2. The van der Waals surface area contributed by atoms with Gasteiger partial charge in [-0.15, -0.1) is 0 Å². The summed E-state index contributed by atoms with van der Waals surface area (Å²) in [4.78, 5) is 35.3. The van der Waals surface area contributed by atoms with Gasteiger partial charge in [-0.3, -0.25) is 19.3 Å². The zero-order valence-electron chi connectivity index (χ0n) is 11.5. The lowest BCUT2D eigenvalue weighted by atomic mass is 10.2. The minimum absolute atomic E-state index is 0.0802. The van der Waals surface area contributed by atoms with Gasteiger partial charge in [0.25, 0.3) is 11.1 Å². The van der Waals surface area contributed by atoms with Crippen LogP contribution >= 0.6 is 43.6 Å². The molecule has 1 aliphatic rings. The number of hydrogen-bond donors (Lipinski definition) is 2. The van der Waals surface area contributed by atoms with Gasteiger partial charge in [0.2, 0.25) is 0 Å². The minimum Gasteiger partial charge on any atom is -0.503 e. The smallest absolute Gasteiger partial charge is 0.323 e. The molecule has 0 atom stereocenters. The van der Waals surface area contributed by atoms with E-state index in [1.165, 1.54) is 19.3 Å². The monoisotopic (exact) mass is 465 g/mol. The highest BCUT2D eigenvalue weighted by molar-refractivity contribution is 9.13. The Bertz CT molecular complexity index is 748. The number of nitrogens with zero attached hydrogens (tertiary/aromatic N) is 1. The summed E-state index contributed by atoms with van der Waals surface area (Å²) >= 11 is 7.11. The Morgan fingerprint density at radius 1 is 1.39 bits per heavy atom. The van der Waals surface area contributed by atoms with Crippen LogP contribution in [0.2, 0.25) is 0 Å². The third kappa shape index (κ3) is 3.54. The molecule has 0 unspecified atom stereocenters. The van der Waals surface area contributed by atoms with Crippen LogP contribution in [0, 0.1) is 0 Å². The molecule has 1 fully saturated rings. The van der Waals surface area contributed by atoms with Crippen molar-refractivity contribution in [3.63, 3.8) is 0 Å². The predicted octanol–water partition coefficient (Wildman–Crippen LogP) is 3.05. The Labute approximate surface area is 151 Å². The molecule has 2 N–H and O–H groups in total. The lowest BCUT2D eigenvalue weighted by Gasteiger charge is -2.10. The number of rotatable bonds is 4. The summed E-state index contributed by atoms with van der Waals surface area (Å²) in [5, 5.41) is 18.0. The number of carboxylic acids is 1. The molecule has 0 aliphatic carbocycles. The second-order valence-corrected chi connectivity index (χ2v) is 6.89. The Morgan fingerprint density at radius 3 is 2.61 bits per heavy atom. The molecular formula is C13H9Br2NO6S. The number of thioether (sulfide) groups is 1. The van der Waals surface area contributed by atoms with Gasteiger partial charge in [-0.05, 0) is 61.3 Å². The maximum Gasteiger partial charge on any atom is 0.323 e. The fourth-order valence-electron chi connectivity index (χ4n) is 1.79. The van der Waals surface area contributed by atoms with Crippen molar-refractivity contribution in [2.45, 2.75) is 0 Å². The first-order valence-corrected chi connectivity index (χ1v) is 8.38. The fraction of sp³-hybridized carbons (Fsp3) is 0.154. The molecule has 122 valence electrons. The Hall–Kier alpha value is -1.52. The molecule has 1 heterocycles. The highest BCUT2D eigenvalue weighted by Crippen LogP contribution is 2.43. The highest BCUT2D eigenvalue weighted by atomic mass is 79.9. The number of phenols is 1. The Balaban J connectivity index is 2.44. The number of carbonyl (C=O) groups is 3. The number of phenolic OH excluding ortho intramolecular Hbond substituents is 1. The van der Waals surface area contributed by atoms with Crippen molar-refractivity contribution < 1.29 is 29.3 Å². The molecule has 23 heavy (non-hydrogen) atoms. The van der Waals surface area contributed by atoms with Crippen molar-refractivity contribution in [1.82, 2.24) is 4.90 Å². The van der Waals surface area contributed by atoms with Crippen LogP contribution in [0.4, 0.5) is 4.79 Å². The fourth-order valence-corrected chi connectivity index (χ4v) is 3.46. The normalized spacial score (nSPS) is 16.3. The van der Waals surface area contributed by atoms with Crippen LogP contribution in [0.25, 0.3) is 6.08 Å². The number of aliphatic carboxylic acids is 1. The molecule has 1 aliphatic heterocycles. The molecule has 0 radical (unpaired) electrons. The van der Waals surface area contributed by atoms with Crippen LogP contribution in [0.3, 0.4) is 0 Å². The van der Waals surface area contributed by atoms with Gasteiger partial charge < -0.3 is 14.9 Å². The van der Waals surface area contributed by atoms with Crippen LogP contribution in [-0.4, -0.2) is 45.9 Å². The van der Waals surface area contributed by atoms with E-state index in [2.05, 4.69) is 31.9 Å². The van der Waals surface area contributed by atoms with Crippen molar-refractivity contribution in [3.05, 3.63) is 25.5 Å². The number of methoxy groups -OCH3 is 1. The molecular weight excluding hydrogens is 458 g/mol. The zero-order chi connectivity index (χ0) is 17.3. The summed E-state index contributed by atoms with van der Waals surface area (Å²) in [6, 6.07) is 1.48. The van der Waals surface area contributed by atoms with Gasteiger partial charge in [0.05, 0.1) is 16.5 Å². The van der Waals surface area contributed by atoms with Crippen molar-refractivity contribution in [2.24, 2.45) is 0 Å². The van der Waals surface area contributed by atoms with Gasteiger partial charge in [0, 0.05) is 4.47 Å². The van der Waals surface area contributed by atoms with E-state index in [-0.39, 0.29) is 16.4 Å². The van der Waals surface area contributed by atoms with Gasteiger partial charge in [0.1, 0.15) is 6.54 Å². The number of halogens is 2.